The fourth-order valence-corrected chi connectivity index (χ4v) is 3.37. The van der Waals surface area contributed by atoms with Crippen molar-refractivity contribution < 1.29 is 0 Å². The van der Waals surface area contributed by atoms with E-state index in [1.165, 1.54) is 55.9 Å². The van der Waals surface area contributed by atoms with Crippen LogP contribution in [0.25, 0.3) is 11.0 Å². The standard InChI is InChI=1S/C17H26N4/c1-13-16-10-14(12-19-17(16)21(2)20-13)11-18-15-8-6-4-3-5-7-9-15/h10,12,15,18H,3-9,11H2,1-2H3. The van der Waals surface area contributed by atoms with Crippen LogP contribution < -0.4 is 5.32 Å². The molecule has 3 rings (SSSR count). The molecule has 0 bridgehead atoms. The molecule has 1 N–H and O–H groups in total. The van der Waals surface area contributed by atoms with Gasteiger partial charge in [-0.3, -0.25) is 4.68 Å². The first-order valence-electron chi connectivity index (χ1n) is 8.25. The highest BCUT2D eigenvalue weighted by atomic mass is 15.3. The molecule has 0 aromatic carbocycles. The predicted octanol–water partition coefficient (Wildman–Crippen LogP) is 3.48. The van der Waals surface area contributed by atoms with Gasteiger partial charge < -0.3 is 5.32 Å². The van der Waals surface area contributed by atoms with Gasteiger partial charge in [0, 0.05) is 31.2 Å². The molecule has 114 valence electrons. The van der Waals surface area contributed by atoms with Gasteiger partial charge in [0.15, 0.2) is 5.65 Å². The lowest BCUT2D eigenvalue weighted by atomic mass is 9.96. The van der Waals surface area contributed by atoms with Crippen LogP contribution in [-0.2, 0) is 13.6 Å². The molecule has 2 aromatic rings. The van der Waals surface area contributed by atoms with Crippen molar-refractivity contribution in [1.82, 2.24) is 20.1 Å². The fraction of sp³-hybridized carbons (Fsp3) is 0.647. The van der Waals surface area contributed by atoms with Crippen molar-refractivity contribution in [2.75, 3.05) is 0 Å². The third-order valence-electron chi connectivity index (χ3n) is 4.62. The van der Waals surface area contributed by atoms with Gasteiger partial charge in [0.25, 0.3) is 0 Å². The summed E-state index contributed by atoms with van der Waals surface area (Å²) in [6.07, 6.45) is 11.6. The summed E-state index contributed by atoms with van der Waals surface area (Å²) in [5.74, 6) is 0. The van der Waals surface area contributed by atoms with Crippen LogP contribution >= 0.6 is 0 Å². The number of fused-ring (bicyclic) bond motifs is 1. The minimum atomic E-state index is 0.677. The quantitative estimate of drug-likeness (QED) is 0.939. The summed E-state index contributed by atoms with van der Waals surface area (Å²) in [5, 5.41) is 9.34. The lowest BCUT2D eigenvalue weighted by Crippen LogP contribution is -2.29. The molecule has 0 saturated heterocycles. The average molecular weight is 286 g/mol. The van der Waals surface area contributed by atoms with Crippen molar-refractivity contribution in [1.29, 1.82) is 0 Å². The van der Waals surface area contributed by atoms with E-state index in [9.17, 15) is 0 Å². The lowest BCUT2D eigenvalue weighted by Gasteiger charge is -2.21. The van der Waals surface area contributed by atoms with E-state index < -0.39 is 0 Å². The summed E-state index contributed by atoms with van der Waals surface area (Å²) in [7, 11) is 1.95. The normalized spacial score (nSPS) is 17.8. The van der Waals surface area contributed by atoms with Crippen molar-refractivity contribution in [2.45, 2.75) is 64.5 Å². The number of rotatable bonds is 3. The highest BCUT2D eigenvalue weighted by Crippen LogP contribution is 2.19. The van der Waals surface area contributed by atoms with Crippen LogP contribution in [0.2, 0.25) is 0 Å². The maximum absolute atomic E-state index is 4.56. The number of pyridine rings is 1. The zero-order valence-corrected chi connectivity index (χ0v) is 13.2. The summed E-state index contributed by atoms with van der Waals surface area (Å²) in [4.78, 5) is 4.56. The highest BCUT2D eigenvalue weighted by molar-refractivity contribution is 5.78. The van der Waals surface area contributed by atoms with Crippen molar-refractivity contribution >= 4 is 11.0 Å². The topological polar surface area (TPSA) is 42.7 Å². The Balaban J connectivity index is 1.65. The molecule has 4 heteroatoms. The Morgan fingerprint density at radius 3 is 2.67 bits per heavy atom. The molecule has 1 fully saturated rings. The second kappa shape index (κ2) is 6.56. The zero-order chi connectivity index (χ0) is 14.7. The van der Waals surface area contributed by atoms with Gasteiger partial charge in [-0.25, -0.2) is 4.98 Å². The number of hydrogen-bond donors (Lipinski definition) is 1. The average Bonchev–Trinajstić information content (AvgIpc) is 2.72. The summed E-state index contributed by atoms with van der Waals surface area (Å²) in [6, 6.07) is 2.91. The summed E-state index contributed by atoms with van der Waals surface area (Å²) < 4.78 is 1.86. The lowest BCUT2D eigenvalue weighted by molar-refractivity contribution is 0.389. The largest absolute Gasteiger partial charge is 0.310 e. The van der Waals surface area contributed by atoms with E-state index in [1.807, 2.05) is 17.9 Å². The Bertz CT molecular complexity index is 594. The zero-order valence-electron chi connectivity index (χ0n) is 13.2. The molecule has 2 aromatic heterocycles. The van der Waals surface area contributed by atoms with E-state index in [-0.39, 0.29) is 0 Å². The number of aromatic nitrogens is 3. The van der Waals surface area contributed by atoms with Crippen molar-refractivity contribution in [3.8, 4) is 0 Å². The van der Waals surface area contributed by atoms with Crippen molar-refractivity contribution in [3.63, 3.8) is 0 Å². The molecule has 0 atom stereocenters. The Morgan fingerprint density at radius 2 is 1.90 bits per heavy atom. The fourth-order valence-electron chi connectivity index (χ4n) is 3.37. The van der Waals surface area contributed by atoms with E-state index in [2.05, 4.69) is 28.4 Å². The molecular formula is C17H26N4. The van der Waals surface area contributed by atoms with Crippen LogP contribution in [0, 0.1) is 6.92 Å². The molecule has 0 radical (unpaired) electrons. The van der Waals surface area contributed by atoms with Gasteiger partial charge in [-0.15, -0.1) is 0 Å². The van der Waals surface area contributed by atoms with Gasteiger partial charge in [0.2, 0.25) is 0 Å². The van der Waals surface area contributed by atoms with Gasteiger partial charge in [-0.05, 0) is 31.4 Å². The summed E-state index contributed by atoms with van der Waals surface area (Å²) in [5.41, 5.74) is 3.30. The van der Waals surface area contributed by atoms with Gasteiger partial charge in [0.05, 0.1) is 5.69 Å². The van der Waals surface area contributed by atoms with E-state index in [0.717, 1.165) is 17.9 Å². The molecule has 4 nitrogen and oxygen atoms in total. The second-order valence-corrected chi connectivity index (χ2v) is 6.35. The van der Waals surface area contributed by atoms with Crippen LogP contribution in [0.4, 0.5) is 0 Å². The van der Waals surface area contributed by atoms with Gasteiger partial charge in [-0.2, -0.15) is 5.10 Å². The maximum Gasteiger partial charge on any atom is 0.157 e. The maximum atomic E-state index is 4.56. The van der Waals surface area contributed by atoms with Gasteiger partial charge in [0.1, 0.15) is 0 Å². The molecule has 0 spiro atoms. The molecule has 2 heterocycles. The Morgan fingerprint density at radius 1 is 1.19 bits per heavy atom. The predicted molar refractivity (Wildman–Crippen MR) is 86.2 cm³/mol. The number of nitrogens with zero attached hydrogens (tertiary/aromatic N) is 3. The molecular weight excluding hydrogens is 260 g/mol. The molecule has 0 unspecified atom stereocenters. The van der Waals surface area contributed by atoms with Gasteiger partial charge in [-0.1, -0.05) is 32.1 Å². The molecule has 1 aliphatic carbocycles. The first kappa shape index (κ1) is 14.5. The van der Waals surface area contributed by atoms with Crippen molar-refractivity contribution in [3.05, 3.63) is 23.5 Å². The monoisotopic (exact) mass is 286 g/mol. The molecule has 0 aliphatic heterocycles. The first-order chi connectivity index (χ1) is 10.2. The van der Waals surface area contributed by atoms with Crippen LogP contribution in [0.3, 0.4) is 0 Å². The van der Waals surface area contributed by atoms with Crippen LogP contribution in [-0.4, -0.2) is 20.8 Å². The van der Waals surface area contributed by atoms with Crippen LogP contribution in [0.5, 0.6) is 0 Å². The minimum Gasteiger partial charge on any atom is -0.310 e. The van der Waals surface area contributed by atoms with Gasteiger partial charge >= 0.3 is 0 Å². The molecule has 21 heavy (non-hydrogen) atoms. The number of aryl methyl sites for hydroxylation is 2. The SMILES string of the molecule is Cc1nn(C)c2ncc(CNC3CCCCCCC3)cc12. The molecule has 0 amide bonds. The van der Waals surface area contributed by atoms with Crippen molar-refractivity contribution in [2.24, 2.45) is 7.05 Å². The first-order valence-corrected chi connectivity index (χ1v) is 8.25. The van der Waals surface area contributed by atoms with E-state index in [0.29, 0.717) is 6.04 Å². The third-order valence-corrected chi connectivity index (χ3v) is 4.62. The Kier molecular flexibility index (Phi) is 4.54. The minimum absolute atomic E-state index is 0.677. The van der Waals surface area contributed by atoms with Crippen LogP contribution in [0.1, 0.15) is 56.2 Å². The second-order valence-electron chi connectivity index (χ2n) is 6.35. The smallest absolute Gasteiger partial charge is 0.157 e. The number of hydrogen-bond acceptors (Lipinski definition) is 3. The summed E-state index contributed by atoms with van der Waals surface area (Å²) >= 11 is 0. The van der Waals surface area contributed by atoms with E-state index in [1.54, 1.807) is 0 Å². The van der Waals surface area contributed by atoms with Crippen LogP contribution in [0.15, 0.2) is 12.3 Å². The summed E-state index contributed by atoms with van der Waals surface area (Å²) in [6.45, 7) is 2.97. The highest BCUT2D eigenvalue weighted by Gasteiger charge is 2.12. The molecule has 1 saturated carbocycles. The van der Waals surface area contributed by atoms with E-state index in [4.69, 9.17) is 0 Å². The third kappa shape index (κ3) is 3.43. The van der Waals surface area contributed by atoms with E-state index >= 15 is 0 Å². The Hall–Kier alpha value is -1.42. The Labute approximate surface area is 126 Å². The molecule has 1 aliphatic rings. The number of nitrogens with one attached hydrogen (secondary N) is 1.